The summed E-state index contributed by atoms with van der Waals surface area (Å²) >= 11 is 1.19. The number of tetrazole rings is 1. The maximum atomic E-state index is 13.8. The van der Waals surface area contributed by atoms with Crippen LogP contribution in [0.2, 0.25) is 0 Å². The molecule has 0 amide bonds. The van der Waals surface area contributed by atoms with Crippen LogP contribution in [0, 0.1) is 5.82 Å². The summed E-state index contributed by atoms with van der Waals surface area (Å²) in [6, 6.07) is 4.79. The summed E-state index contributed by atoms with van der Waals surface area (Å²) in [5.41, 5.74) is 5.57. The molecule has 0 spiro atoms. The SMILES string of the molecule is NC(=NO)c1c(F)cccc1Sc1nnnn1C1CC1. The molecule has 1 aliphatic rings. The molecule has 1 aliphatic carbocycles. The van der Waals surface area contributed by atoms with Crippen molar-refractivity contribution in [2.24, 2.45) is 10.9 Å². The van der Waals surface area contributed by atoms with Crippen molar-refractivity contribution in [1.29, 1.82) is 0 Å². The number of hydrogen-bond acceptors (Lipinski definition) is 6. The van der Waals surface area contributed by atoms with Crippen LogP contribution in [0.5, 0.6) is 0 Å². The van der Waals surface area contributed by atoms with E-state index in [4.69, 9.17) is 10.9 Å². The minimum atomic E-state index is -0.559. The lowest BCUT2D eigenvalue weighted by Crippen LogP contribution is -2.16. The number of nitrogens with two attached hydrogens (primary N) is 1. The molecule has 1 heterocycles. The Hall–Kier alpha value is -2.16. The first kappa shape index (κ1) is 12.9. The van der Waals surface area contributed by atoms with Gasteiger partial charge in [0.05, 0.1) is 11.6 Å². The van der Waals surface area contributed by atoms with E-state index in [1.165, 1.54) is 17.8 Å². The first-order chi connectivity index (χ1) is 9.70. The van der Waals surface area contributed by atoms with E-state index in [-0.39, 0.29) is 11.4 Å². The Morgan fingerprint density at radius 3 is 3.00 bits per heavy atom. The van der Waals surface area contributed by atoms with Gasteiger partial charge in [0.1, 0.15) is 5.82 Å². The Kier molecular flexibility index (Phi) is 3.26. The number of rotatable bonds is 4. The Bertz CT molecular complexity index is 669. The van der Waals surface area contributed by atoms with Gasteiger partial charge in [0.2, 0.25) is 5.16 Å². The number of benzene rings is 1. The van der Waals surface area contributed by atoms with Crippen LogP contribution in [0.1, 0.15) is 24.4 Å². The molecule has 7 nitrogen and oxygen atoms in total. The van der Waals surface area contributed by atoms with Gasteiger partial charge in [-0.15, -0.1) is 5.10 Å². The summed E-state index contributed by atoms with van der Waals surface area (Å²) in [5.74, 6) is -0.841. The lowest BCUT2D eigenvalue weighted by atomic mass is 10.2. The van der Waals surface area contributed by atoms with Crippen molar-refractivity contribution < 1.29 is 9.60 Å². The fraction of sp³-hybridized carbons (Fsp3) is 0.273. The second-order valence-corrected chi connectivity index (χ2v) is 5.35. The molecule has 1 aromatic heterocycles. The molecule has 104 valence electrons. The normalized spacial score (nSPS) is 15.6. The van der Waals surface area contributed by atoms with Gasteiger partial charge in [-0.05, 0) is 47.2 Å². The molecular formula is C11H11FN6OS. The van der Waals surface area contributed by atoms with Crippen LogP contribution in [0.3, 0.4) is 0 Å². The van der Waals surface area contributed by atoms with Gasteiger partial charge in [-0.25, -0.2) is 9.07 Å². The van der Waals surface area contributed by atoms with E-state index >= 15 is 0 Å². The molecular weight excluding hydrogens is 283 g/mol. The van der Waals surface area contributed by atoms with Crippen molar-refractivity contribution in [1.82, 2.24) is 20.2 Å². The number of amidine groups is 1. The Labute approximate surface area is 117 Å². The van der Waals surface area contributed by atoms with E-state index in [9.17, 15) is 4.39 Å². The summed E-state index contributed by atoms with van der Waals surface area (Å²) in [5, 5.41) is 23.7. The van der Waals surface area contributed by atoms with Crippen molar-refractivity contribution in [3.63, 3.8) is 0 Å². The van der Waals surface area contributed by atoms with E-state index in [1.807, 2.05) is 0 Å². The monoisotopic (exact) mass is 294 g/mol. The maximum Gasteiger partial charge on any atom is 0.214 e. The van der Waals surface area contributed by atoms with Gasteiger partial charge < -0.3 is 10.9 Å². The average Bonchev–Trinajstić information content (AvgIpc) is 3.19. The van der Waals surface area contributed by atoms with Crippen LogP contribution in [0.25, 0.3) is 0 Å². The zero-order chi connectivity index (χ0) is 14.1. The molecule has 1 saturated carbocycles. The molecule has 0 unspecified atom stereocenters. The number of nitrogens with zero attached hydrogens (tertiary/aromatic N) is 5. The predicted molar refractivity (Wildman–Crippen MR) is 69.1 cm³/mol. The van der Waals surface area contributed by atoms with Crippen molar-refractivity contribution >= 4 is 17.6 Å². The summed E-state index contributed by atoms with van der Waals surface area (Å²) in [6.45, 7) is 0. The van der Waals surface area contributed by atoms with Gasteiger partial charge in [0, 0.05) is 4.90 Å². The number of hydrogen-bond donors (Lipinski definition) is 2. The van der Waals surface area contributed by atoms with Crippen molar-refractivity contribution in [3.8, 4) is 0 Å². The number of oxime groups is 1. The van der Waals surface area contributed by atoms with Gasteiger partial charge in [-0.3, -0.25) is 0 Å². The zero-order valence-corrected chi connectivity index (χ0v) is 11.1. The lowest BCUT2D eigenvalue weighted by Gasteiger charge is -2.08. The van der Waals surface area contributed by atoms with Crippen molar-refractivity contribution in [2.45, 2.75) is 28.9 Å². The van der Waals surface area contributed by atoms with Crippen LogP contribution in [-0.4, -0.2) is 31.3 Å². The highest BCUT2D eigenvalue weighted by molar-refractivity contribution is 7.99. The van der Waals surface area contributed by atoms with E-state index in [0.717, 1.165) is 12.8 Å². The van der Waals surface area contributed by atoms with Crippen LogP contribution < -0.4 is 5.73 Å². The summed E-state index contributed by atoms with van der Waals surface area (Å²) in [4.78, 5) is 0.497. The molecule has 0 aliphatic heterocycles. The number of halogens is 1. The molecule has 2 aromatic rings. The molecule has 3 rings (SSSR count). The second-order valence-electron chi connectivity index (χ2n) is 4.34. The molecule has 0 radical (unpaired) electrons. The fourth-order valence-corrected chi connectivity index (χ4v) is 2.79. The first-order valence-electron chi connectivity index (χ1n) is 5.93. The number of aromatic nitrogens is 4. The van der Waals surface area contributed by atoms with Crippen LogP contribution in [0.15, 0.2) is 33.4 Å². The third-order valence-electron chi connectivity index (χ3n) is 2.90. The van der Waals surface area contributed by atoms with Crippen molar-refractivity contribution in [2.75, 3.05) is 0 Å². The molecule has 0 bridgehead atoms. The topological polar surface area (TPSA) is 102 Å². The zero-order valence-electron chi connectivity index (χ0n) is 10.3. The van der Waals surface area contributed by atoms with Gasteiger partial charge in [-0.2, -0.15) is 0 Å². The highest BCUT2D eigenvalue weighted by Crippen LogP contribution is 2.38. The van der Waals surface area contributed by atoms with Gasteiger partial charge in [0.25, 0.3) is 0 Å². The molecule has 20 heavy (non-hydrogen) atoms. The minimum absolute atomic E-state index is 0.0466. The maximum absolute atomic E-state index is 13.8. The predicted octanol–water partition coefficient (Wildman–Crippen LogP) is 1.39. The fourth-order valence-electron chi connectivity index (χ4n) is 1.79. The average molecular weight is 294 g/mol. The van der Waals surface area contributed by atoms with E-state index in [1.54, 1.807) is 16.8 Å². The lowest BCUT2D eigenvalue weighted by molar-refractivity contribution is 0.318. The third kappa shape index (κ3) is 2.31. The molecule has 9 heteroatoms. The smallest absolute Gasteiger partial charge is 0.214 e. The van der Waals surface area contributed by atoms with E-state index in [2.05, 4.69) is 20.7 Å². The minimum Gasteiger partial charge on any atom is -0.409 e. The largest absolute Gasteiger partial charge is 0.409 e. The molecule has 1 fully saturated rings. The molecule has 3 N–H and O–H groups in total. The van der Waals surface area contributed by atoms with Crippen LogP contribution in [-0.2, 0) is 0 Å². The van der Waals surface area contributed by atoms with E-state index < -0.39 is 5.82 Å². The molecule has 0 saturated heterocycles. The third-order valence-corrected chi connectivity index (χ3v) is 3.91. The van der Waals surface area contributed by atoms with Crippen LogP contribution in [0.4, 0.5) is 4.39 Å². The first-order valence-corrected chi connectivity index (χ1v) is 6.74. The summed E-state index contributed by atoms with van der Waals surface area (Å²) in [6.07, 6.45) is 2.07. The Morgan fingerprint density at radius 2 is 2.30 bits per heavy atom. The second kappa shape index (κ2) is 5.08. The Morgan fingerprint density at radius 1 is 1.50 bits per heavy atom. The molecule has 1 aromatic carbocycles. The van der Waals surface area contributed by atoms with Gasteiger partial charge in [-0.1, -0.05) is 11.2 Å². The molecule has 0 atom stereocenters. The van der Waals surface area contributed by atoms with Crippen LogP contribution >= 0.6 is 11.8 Å². The van der Waals surface area contributed by atoms with Gasteiger partial charge >= 0.3 is 0 Å². The quantitative estimate of drug-likeness (QED) is 0.382. The summed E-state index contributed by atoms with van der Waals surface area (Å²) in [7, 11) is 0. The summed E-state index contributed by atoms with van der Waals surface area (Å²) < 4.78 is 15.6. The highest BCUT2D eigenvalue weighted by Gasteiger charge is 2.28. The van der Waals surface area contributed by atoms with E-state index in [0.29, 0.717) is 16.1 Å². The van der Waals surface area contributed by atoms with Crippen molar-refractivity contribution in [3.05, 3.63) is 29.6 Å². The highest BCUT2D eigenvalue weighted by atomic mass is 32.2. The standard InChI is InChI=1S/C11H11FN6OS/c12-7-2-1-3-8(9(7)10(13)15-19)20-11-14-16-17-18(11)6-4-5-6/h1-3,6,19H,4-5H2,(H2,13,15). The van der Waals surface area contributed by atoms with Gasteiger partial charge in [0.15, 0.2) is 5.84 Å². The Balaban J connectivity index is 1.98.